The van der Waals surface area contributed by atoms with Crippen LogP contribution in [0.2, 0.25) is 0 Å². The number of fused-ring (bicyclic) bond motifs is 1. The van der Waals surface area contributed by atoms with E-state index < -0.39 is 0 Å². The Kier molecular flexibility index (Phi) is 2.70. The number of rotatable bonds is 1. The van der Waals surface area contributed by atoms with Crippen LogP contribution in [-0.2, 0) is 0 Å². The number of pyridine rings is 1. The minimum atomic E-state index is 0.463. The van der Waals surface area contributed by atoms with Crippen molar-refractivity contribution >= 4 is 39.7 Å². The maximum absolute atomic E-state index is 5.99. The average molecular weight is 350 g/mol. The fraction of sp³-hybridized carbons (Fsp3) is 0.0769. The molecule has 0 amide bonds. The molecule has 18 heavy (non-hydrogen) atoms. The van der Waals surface area contributed by atoms with Gasteiger partial charge in [0.1, 0.15) is 5.52 Å². The zero-order valence-corrected chi connectivity index (χ0v) is 11.9. The quantitative estimate of drug-likeness (QED) is 0.687. The van der Waals surface area contributed by atoms with E-state index in [2.05, 4.69) is 38.6 Å². The van der Waals surface area contributed by atoms with Crippen molar-refractivity contribution in [2.24, 2.45) is 0 Å². The van der Waals surface area contributed by atoms with Gasteiger partial charge in [-0.25, -0.2) is 9.97 Å². The Morgan fingerprint density at radius 2 is 2.11 bits per heavy atom. The lowest BCUT2D eigenvalue weighted by Crippen LogP contribution is -2.01. The number of nitrogens with two attached hydrogens (primary N) is 1. The Labute approximate surface area is 118 Å². The van der Waals surface area contributed by atoms with Crippen molar-refractivity contribution in [1.82, 2.24) is 14.5 Å². The van der Waals surface area contributed by atoms with E-state index in [1.165, 1.54) is 0 Å². The zero-order valence-electron chi connectivity index (χ0n) is 9.76. The Balaban J connectivity index is 2.32. The minimum absolute atomic E-state index is 0.463. The summed E-state index contributed by atoms with van der Waals surface area (Å²) >= 11 is 2.28. The van der Waals surface area contributed by atoms with Gasteiger partial charge in [-0.2, -0.15) is 0 Å². The summed E-state index contributed by atoms with van der Waals surface area (Å²) < 4.78 is 3.02. The lowest BCUT2D eigenvalue weighted by atomic mass is 10.3. The molecule has 0 saturated heterocycles. The molecule has 90 valence electrons. The van der Waals surface area contributed by atoms with E-state index in [0.717, 1.165) is 26.0 Å². The van der Waals surface area contributed by atoms with E-state index in [4.69, 9.17) is 5.73 Å². The normalized spacial score (nSPS) is 11.0. The molecule has 4 nitrogen and oxygen atoms in total. The SMILES string of the molecule is Cc1cnc2c(c1)nc(N)n2-c1cccc(I)c1. The number of nitrogen functional groups attached to an aromatic ring is 1. The van der Waals surface area contributed by atoms with Crippen LogP contribution in [-0.4, -0.2) is 14.5 Å². The van der Waals surface area contributed by atoms with Crippen LogP contribution in [0.1, 0.15) is 5.56 Å². The molecule has 1 aromatic carbocycles. The number of benzene rings is 1. The Bertz CT molecular complexity index is 733. The van der Waals surface area contributed by atoms with Crippen molar-refractivity contribution in [2.45, 2.75) is 6.92 Å². The molecule has 0 fully saturated rings. The topological polar surface area (TPSA) is 56.7 Å². The van der Waals surface area contributed by atoms with Crippen molar-refractivity contribution in [3.63, 3.8) is 0 Å². The fourth-order valence-corrected chi connectivity index (χ4v) is 2.48. The summed E-state index contributed by atoms with van der Waals surface area (Å²) in [7, 11) is 0. The first-order chi connectivity index (χ1) is 8.65. The van der Waals surface area contributed by atoms with E-state index >= 15 is 0 Å². The van der Waals surface area contributed by atoms with Crippen LogP contribution in [0.4, 0.5) is 5.95 Å². The van der Waals surface area contributed by atoms with Crippen molar-refractivity contribution < 1.29 is 0 Å². The first-order valence-electron chi connectivity index (χ1n) is 5.51. The molecule has 5 heteroatoms. The first-order valence-corrected chi connectivity index (χ1v) is 6.59. The van der Waals surface area contributed by atoms with Crippen molar-refractivity contribution in [1.29, 1.82) is 0 Å². The van der Waals surface area contributed by atoms with Gasteiger partial charge < -0.3 is 5.73 Å². The van der Waals surface area contributed by atoms with Crippen molar-refractivity contribution in [3.8, 4) is 5.69 Å². The predicted octanol–water partition coefficient (Wildman–Crippen LogP) is 2.92. The number of imidazole rings is 1. The molecule has 2 aromatic heterocycles. The molecule has 0 bridgehead atoms. The van der Waals surface area contributed by atoms with Gasteiger partial charge in [-0.3, -0.25) is 4.57 Å². The van der Waals surface area contributed by atoms with Gasteiger partial charge in [0.05, 0.1) is 5.69 Å². The molecule has 0 aliphatic carbocycles. The predicted molar refractivity (Wildman–Crippen MR) is 80.7 cm³/mol. The van der Waals surface area contributed by atoms with Crippen LogP contribution < -0.4 is 5.73 Å². The lowest BCUT2D eigenvalue weighted by molar-refractivity contribution is 1.08. The number of aryl methyl sites for hydroxylation is 1. The Morgan fingerprint density at radius 1 is 1.28 bits per heavy atom. The second-order valence-electron chi connectivity index (χ2n) is 4.14. The molecule has 0 radical (unpaired) electrons. The van der Waals surface area contributed by atoms with Gasteiger partial charge >= 0.3 is 0 Å². The molecule has 0 saturated carbocycles. The standard InChI is InChI=1S/C13H11IN4/c1-8-5-11-12(16-7-8)18(13(15)17-11)10-4-2-3-9(14)6-10/h2-7H,1H3,(H2,15,17). The molecule has 2 N–H and O–H groups in total. The summed E-state index contributed by atoms with van der Waals surface area (Å²) in [4.78, 5) is 8.78. The van der Waals surface area contributed by atoms with Gasteiger partial charge in [0, 0.05) is 9.77 Å². The second kappa shape index (κ2) is 4.24. The molecule has 3 rings (SSSR count). The van der Waals surface area contributed by atoms with Crippen LogP contribution in [0.5, 0.6) is 0 Å². The molecule has 3 aromatic rings. The van der Waals surface area contributed by atoms with Gasteiger partial charge in [0.15, 0.2) is 5.65 Å². The number of aromatic nitrogens is 3. The van der Waals surface area contributed by atoms with E-state index in [9.17, 15) is 0 Å². The molecule has 0 spiro atoms. The lowest BCUT2D eigenvalue weighted by Gasteiger charge is -2.06. The fourth-order valence-electron chi connectivity index (χ4n) is 1.95. The summed E-state index contributed by atoms with van der Waals surface area (Å²) in [6.45, 7) is 1.99. The van der Waals surface area contributed by atoms with Gasteiger partial charge in [0.2, 0.25) is 5.95 Å². The minimum Gasteiger partial charge on any atom is -0.369 e. The van der Waals surface area contributed by atoms with E-state index in [-0.39, 0.29) is 0 Å². The van der Waals surface area contributed by atoms with Crippen molar-refractivity contribution in [3.05, 3.63) is 45.7 Å². The van der Waals surface area contributed by atoms with E-state index in [1.54, 1.807) is 0 Å². The van der Waals surface area contributed by atoms with Crippen LogP contribution in [0.3, 0.4) is 0 Å². The highest BCUT2D eigenvalue weighted by atomic mass is 127. The van der Waals surface area contributed by atoms with Crippen LogP contribution in [0.25, 0.3) is 16.9 Å². The van der Waals surface area contributed by atoms with Gasteiger partial charge in [0.25, 0.3) is 0 Å². The first kappa shape index (κ1) is 11.5. The third-order valence-corrected chi connectivity index (χ3v) is 3.40. The molecule has 0 aliphatic rings. The van der Waals surface area contributed by atoms with Gasteiger partial charge in [-0.05, 0) is 59.3 Å². The monoisotopic (exact) mass is 350 g/mol. The average Bonchev–Trinajstić information content (AvgIpc) is 2.64. The molecule has 0 unspecified atom stereocenters. The number of hydrogen-bond acceptors (Lipinski definition) is 3. The van der Waals surface area contributed by atoms with E-state index in [1.807, 2.05) is 42.0 Å². The Hall–Kier alpha value is -1.63. The van der Waals surface area contributed by atoms with E-state index in [0.29, 0.717) is 5.95 Å². The molecule has 0 aliphatic heterocycles. The molecular weight excluding hydrogens is 339 g/mol. The molecule has 2 heterocycles. The molecule has 0 atom stereocenters. The van der Waals surface area contributed by atoms with Crippen LogP contribution in [0, 0.1) is 10.5 Å². The maximum Gasteiger partial charge on any atom is 0.207 e. The number of halogens is 1. The van der Waals surface area contributed by atoms with Crippen LogP contribution >= 0.6 is 22.6 Å². The molecular formula is C13H11IN4. The van der Waals surface area contributed by atoms with Crippen molar-refractivity contribution in [2.75, 3.05) is 5.73 Å². The summed E-state index contributed by atoms with van der Waals surface area (Å²) in [6, 6.07) is 10.1. The highest BCUT2D eigenvalue weighted by Gasteiger charge is 2.11. The largest absolute Gasteiger partial charge is 0.369 e. The highest BCUT2D eigenvalue weighted by Crippen LogP contribution is 2.22. The zero-order chi connectivity index (χ0) is 12.7. The van der Waals surface area contributed by atoms with Gasteiger partial charge in [-0.1, -0.05) is 6.07 Å². The summed E-state index contributed by atoms with van der Waals surface area (Å²) in [5.41, 5.74) is 9.68. The Morgan fingerprint density at radius 3 is 2.89 bits per heavy atom. The number of nitrogens with zero attached hydrogens (tertiary/aromatic N) is 3. The summed E-state index contributed by atoms with van der Waals surface area (Å²) in [5.74, 6) is 0.463. The third kappa shape index (κ3) is 1.84. The maximum atomic E-state index is 5.99. The highest BCUT2D eigenvalue weighted by molar-refractivity contribution is 14.1. The smallest absolute Gasteiger partial charge is 0.207 e. The van der Waals surface area contributed by atoms with Gasteiger partial charge in [-0.15, -0.1) is 0 Å². The number of hydrogen-bond donors (Lipinski definition) is 1. The summed E-state index contributed by atoms with van der Waals surface area (Å²) in [6.07, 6.45) is 1.83. The van der Waals surface area contributed by atoms with Crippen LogP contribution in [0.15, 0.2) is 36.5 Å². The third-order valence-electron chi connectivity index (χ3n) is 2.73. The summed E-state index contributed by atoms with van der Waals surface area (Å²) in [5, 5.41) is 0. The second-order valence-corrected chi connectivity index (χ2v) is 5.39. The number of anilines is 1.